The maximum absolute atomic E-state index is 12.5. The van der Waals surface area contributed by atoms with E-state index in [4.69, 9.17) is 0 Å². The van der Waals surface area contributed by atoms with Crippen LogP contribution < -0.4 is 5.32 Å². The van der Waals surface area contributed by atoms with Crippen LogP contribution >= 0.6 is 0 Å². The third kappa shape index (κ3) is 4.29. The van der Waals surface area contributed by atoms with Gasteiger partial charge in [-0.2, -0.15) is 0 Å². The summed E-state index contributed by atoms with van der Waals surface area (Å²) in [5.74, 6) is 1.34. The van der Waals surface area contributed by atoms with Crippen LogP contribution in [0.2, 0.25) is 0 Å². The zero-order valence-corrected chi connectivity index (χ0v) is 13.8. The maximum Gasteiger partial charge on any atom is 0.322 e. The van der Waals surface area contributed by atoms with E-state index in [9.17, 15) is 9.90 Å². The number of aromatic nitrogens is 2. The lowest BCUT2D eigenvalue weighted by atomic mass is 10.1. The van der Waals surface area contributed by atoms with Crippen molar-refractivity contribution in [3.05, 3.63) is 53.6 Å². The van der Waals surface area contributed by atoms with E-state index in [0.717, 1.165) is 24.2 Å². The highest BCUT2D eigenvalue weighted by atomic mass is 16.3. The van der Waals surface area contributed by atoms with Crippen LogP contribution in [0.4, 0.5) is 10.5 Å². The third-order valence-electron chi connectivity index (χ3n) is 4.02. The van der Waals surface area contributed by atoms with Crippen molar-refractivity contribution in [1.82, 2.24) is 14.9 Å². The molecule has 0 spiro atoms. The van der Waals surface area contributed by atoms with Gasteiger partial charge in [0.05, 0.1) is 24.7 Å². The largest absolute Gasteiger partial charge is 0.395 e. The van der Waals surface area contributed by atoms with E-state index in [1.54, 1.807) is 17.3 Å². The number of aliphatic hydroxyl groups is 1. The van der Waals surface area contributed by atoms with E-state index >= 15 is 0 Å². The van der Waals surface area contributed by atoms with E-state index in [0.29, 0.717) is 18.2 Å². The minimum Gasteiger partial charge on any atom is -0.395 e. The molecule has 6 heteroatoms. The Hall–Kier alpha value is -2.47. The lowest BCUT2D eigenvalue weighted by molar-refractivity contribution is 0.185. The molecule has 0 unspecified atom stereocenters. The van der Waals surface area contributed by atoms with Gasteiger partial charge in [-0.1, -0.05) is 29.8 Å². The Labute approximate surface area is 141 Å². The number of carbonyl (C=O) groups excluding carboxylic acids is 1. The van der Waals surface area contributed by atoms with Crippen LogP contribution in [0.15, 0.2) is 36.7 Å². The van der Waals surface area contributed by atoms with Gasteiger partial charge in [0.1, 0.15) is 5.82 Å². The molecule has 0 atom stereocenters. The van der Waals surface area contributed by atoms with Crippen LogP contribution in [0.25, 0.3) is 0 Å². The van der Waals surface area contributed by atoms with Crippen molar-refractivity contribution in [1.29, 1.82) is 0 Å². The quantitative estimate of drug-likeness (QED) is 0.855. The van der Waals surface area contributed by atoms with Crippen molar-refractivity contribution in [2.45, 2.75) is 32.2 Å². The lowest BCUT2D eigenvalue weighted by Gasteiger charge is -2.22. The summed E-state index contributed by atoms with van der Waals surface area (Å²) in [7, 11) is 0. The van der Waals surface area contributed by atoms with Gasteiger partial charge in [0.2, 0.25) is 0 Å². The summed E-state index contributed by atoms with van der Waals surface area (Å²) >= 11 is 0. The Morgan fingerprint density at radius 2 is 1.92 bits per heavy atom. The topological polar surface area (TPSA) is 78.4 Å². The van der Waals surface area contributed by atoms with Crippen molar-refractivity contribution in [2.75, 3.05) is 18.5 Å². The average molecular weight is 326 g/mol. The molecule has 1 aliphatic carbocycles. The van der Waals surface area contributed by atoms with E-state index in [1.807, 2.05) is 31.2 Å². The number of aliphatic hydroxyl groups excluding tert-OH is 1. The molecular formula is C18H22N4O2. The number of anilines is 1. The summed E-state index contributed by atoms with van der Waals surface area (Å²) in [6, 6.07) is 7.72. The SMILES string of the molecule is Cc1ccc(CN(CCO)C(=O)Nc2cnc(C3CC3)nc2)cc1. The van der Waals surface area contributed by atoms with Crippen LogP contribution in [-0.4, -0.2) is 39.2 Å². The Morgan fingerprint density at radius 3 is 2.50 bits per heavy atom. The molecule has 2 amide bonds. The summed E-state index contributed by atoms with van der Waals surface area (Å²) in [6.07, 6.45) is 5.57. The van der Waals surface area contributed by atoms with Crippen LogP contribution in [0.1, 0.15) is 35.7 Å². The number of nitrogens with one attached hydrogen (secondary N) is 1. The summed E-state index contributed by atoms with van der Waals surface area (Å²) in [4.78, 5) is 22.6. The lowest BCUT2D eigenvalue weighted by Crippen LogP contribution is -2.36. The first kappa shape index (κ1) is 16.4. The standard InChI is InChI=1S/C18H22N4O2/c1-13-2-4-14(5-3-13)12-22(8-9-23)18(24)21-16-10-19-17(20-11-16)15-6-7-15/h2-5,10-11,15,23H,6-9,12H2,1H3,(H,21,24). The van der Waals surface area contributed by atoms with Gasteiger partial charge < -0.3 is 15.3 Å². The Balaban J connectivity index is 1.63. The highest BCUT2D eigenvalue weighted by Crippen LogP contribution is 2.37. The van der Waals surface area contributed by atoms with Crippen LogP contribution in [0, 0.1) is 6.92 Å². The average Bonchev–Trinajstić information content (AvgIpc) is 3.42. The van der Waals surface area contributed by atoms with Gasteiger partial charge in [0.25, 0.3) is 0 Å². The summed E-state index contributed by atoms with van der Waals surface area (Å²) in [5.41, 5.74) is 2.76. The van der Waals surface area contributed by atoms with Crippen molar-refractivity contribution < 1.29 is 9.90 Å². The third-order valence-corrected chi connectivity index (χ3v) is 4.02. The molecule has 0 aliphatic heterocycles. The van der Waals surface area contributed by atoms with Crippen molar-refractivity contribution >= 4 is 11.7 Å². The molecule has 0 radical (unpaired) electrons. The maximum atomic E-state index is 12.5. The molecule has 126 valence electrons. The van der Waals surface area contributed by atoms with Gasteiger partial charge in [0.15, 0.2) is 0 Å². The summed E-state index contributed by atoms with van der Waals surface area (Å²) in [6.45, 7) is 2.64. The van der Waals surface area contributed by atoms with Crippen LogP contribution in [0.5, 0.6) is 0 Å². The fourth-order valence-corrected chi connectivity index (χ4v) is 2.44. The zero-order valence-electron chi connectivity index (χ0n) is 13.8. The van der Waals surface area contributed by atoms with Crippen molar-refractivity contribution in [3.8, 4) is 0 Å². The predicted octanol–water partition coefficient (Wildman–Crippen LogP) is 2.69. The second-order valence-corrected chi connectivity index (χ2v) is 6.17. The monoisotopic (exact) mass is 326 g/mol. The molecule has 1 heterocycles. The predicted molar refractivity (Wildman–Crippen MR) is 91.7 cm³/mol. The summed E-state index contributed by atoms with van der Waals surface area (Å²) in [5, 5.41) is 12.0. The molecule has 0 saturated heterocycles. The van der Waals surface area contributed by atoms with Gasteiger partial charge >= 0.3 is 6.03 Å². The van der Waals surface area contributed by atoms with Gasteiger partial charge in [0, 0.05) is 19.0 Å². The Kier molecular flexibility index (Phi) is 5.05. The number of benzene rings is 1. The Bertz CT molecular complexity index is 681. The van der Waals surface area contributed by atoms with Gasteiger partial charge in [-0.15, -0.1) is 0 Å². The fourth-order valence-electron chi connectivity index (χ4n) is 2.44. The molecule has 24 heavy (non-hydrogen) atoms. The van der Waals surface area contributed by atoms with E-state index in [2.05, 4.69) is 15.3 Å². The van der Waals surface area contributed by atoms with Gasteiger partial charge in [-0.3, -0.25) is 0 Å². The summed E-state index contributed by atoms with van der Waals surface area (Å²) < 4.78 is 0. The number of aryl methyl sites for hydroxylation is 1. The molecule has 2 aromatic rings. The normalized spacial score (nSPS) is 13.6. The second-order valence-electron chi connectivity index (χ2n) is 6.17. The molecule has 1 fully saturated rings. The number of hydrogen-bond donors (Lipinski definition) is 2. The number of rotatable bonds is 6. The number of nitrogens with zero attached hydrogens (tertiary/aromatic N) is 3. The van der Waals surface area contributed by atoms with Gasteiger partial charge in [-0.05, 0) is 25.3 Å². The smallest absolute Gasteiger partial charge is 0.322 e. The molecule has 3 rings (SSSR count). The van der Waals surface area contributed by atoms with Crippen LogP contribution in [-0.2, 0) is 6.54 Å². The molecule has 1 aromatic heterocycles. The number of carbonyl (C=O) groups is 1. The zero-order chi connectivity index (χ0) is 16.9. The van der Waals surface area contributed by atoms with E-state index < -0.39 is 0 Å². The number of hydrogen-bond acceptors (Lipinski definition) is 4. The van der Waals surface area contributed by atoms with Gasteiger partial charge in [-0.25, -0.2) is 14.8 Å². The highest BCUT2D eigenvalue weighted by Gasteiger charge is 2.26. The molecule has 6 nitrogen and oxygen atoms in total. The highest BCUT2D eigenvalue weighted by molar-refractivity contribution is 5.88. The van der Waals surface area contributed by atoms with E-state index in [1.165, 1.54) is 5.56 Å². The van der Waals surface area contributed by atoms with Crippen LogP contribution in [0.3, 0.4) is 0 Å². The van der Waals surface area contributed by atoms with Crippen molar-refractivity contribution in [2.24, 2.45) is 0 Å². The molecule has 1 saturated carbocycles. The minimum atomic E-state index is -0.271. The minimum absolute atomic E-state index is 0.0869. The Morgan fingerprint density at radius 1 is 1.25 bits per heavy atom. The molecule has 1 aliphatic rings. The number of urea groups is 1. The first-order valence-corrected chi connectivity index (χ1v) is 8.20. The molecule has 1 aromatic carbocycles. The first-order chi connectivity index (χ1) is 11.7. The second kappa shape index (κ2) is 7.40. The van der Waals surface area contributed by atoms with Crippen molar-refractivity contribution in [3.63, 3.8) is 0 Å². The van der Waals surface area contributed by atoms with E-state index in [-0.39, 0.29) is 19.2 Å². The number of amides is 2. The molecular weight excluding hydrogens is 304 g/mol. The molecule has 2 N–H and O–H groups in total. The first-order valence-electron chi connectivity index (χ1n) is 8.20. The molecule has 0 bridgehead atoms. The fraction of sp³-hybridized carbons (Fsp3) is 0.389.